The fourth-order valence-corrected chi connectivity index (χ4v) is 3.68. The van der Waals surface area contributed by atoms with Crippen LogP contribution in [0.3, 0.4) is 0 Å². The fraction of sp³-hybridized carbons (Fsp3) is 0.440. The predicted molar refractivity (Wildman–Crippen MR) is 130 cm³/mol. The van der Waals surface area contributed by atoms with Gasteiger partial charge in [-0.05, 0) is 67.1 Å². The molecule has 2 aromatic carbocycles. The number of halogens is 2. The van der Waals surface area contributed by atoms with Crippen molar-refractivity contribution in [1.82, 2.24) is 10.2 Å². The van der Waals surface area contributed by atoms with Crippen LogP contribution in [0.5, 0.6) is 5.75 Å². The smallest absolute Gasteiger partial charge is 0.261 e. The van der Waals surface area contributed by atoms with Crippen LogP contribution >= 0.6 is 23.2 Å². The molecule has 0 saturated carbocycles. The zero-order valence-electron chi connectivity index (χ0n) is 19.4. The van der Waals surface area contributed by atoms with Crippen LogP contribution in [0.4, 0.5) is 0 Å². The van der Waals surface area contributed by atoms with E-state index in [1.807, 2.05) is 52.8 Å². The summed E-state index contributed by atoms with van der Waals surface area (Å²) < 4.78 is 5.77. The Balaban J connectivity index is 2.24. The molecular weight excluding hydrogens is 447 g/mol. The van der Waals surface area contributed by atoms with Crippen molar-refractivity contribution < 1.29 is 14.3 Å². The van der Waals surface area contributed by atoms with Gasteiger partial charge in [0.1, 0.15) is 11.8 Å². The second-order valence-electron chi connectivity index (χ2n) is 8.36. The number of aryl methyl sites for hydroxylation is 2. The largest absolute Gasteiger partial charge is 0.484 e. The molecule has 0 spiro atoms. The fourth-order valence-electron chi connectivity index (χ4n) is 3.21. The van der Waals surface area contributed by atoms with Gasteiger partial charge in [0.05, 0.1) is 0 Å². The molecule has 5 nitrogen and oxygen atoms in total. The normalized spacial score (nSPS) is 11.9. The first kappa shape index (κ1) is 26.0. The van der Waals surface area contributed by atoms with E-state index in [4.69, 9.17) is 27.9 Å². The predicted octanol–water partition coefficient (Wildman–Crippen LogP) is 5.57. The van der Waals surface area contributed by atoms with E-state index in [-0.39, 0.29) is 25.0 Å². The summed E-state index contributed by atoms with van der Waals surface area (Å²) in [4.78, 5) is 27.7. The van der Waals surface area contributed by atoms with Gasteiger partial charge in [0.15, 0.2) is 6.61 Å². The maximum Gasteiger partial charge on any atom is 0.261 e. The van der Waals surface area contributed by atoms with Crippen LogP contribution in [0.2, 0.25) is 10.0 Å². The molecule has 2 aromatic rings. The van der Waals surface area contributed by atoms with Gasteiger partial charge in [0.25, 0.3) is 5.91 Å². The van der Waals surface area contributed by atoms with Crippen molar-refractivity contribution in [2.45, 2.75) is 53.6 Å². The van der Waals surface area contributed by atoms with Gasteiger partial charge in [-0.15, -0.1) is 0 Å². The maximum atomic E-state index is 13.2. The topological polar surface area (TPSA) is 58.6 Å². The first-order chi connectivity index (χ1) is 15.1. The highest BCUT2D eigenvalue weighted by molar-refractivity contribution is 6.35. The first-order valence-electron chi connectivity index (χ1n) is 10.8. The van der Waals surface area contributed by atoms with Crippen molar-refractivity contribution in [2.75, 3.05) is 13.2 Å². The standard InChI is InChI=1S/C25H32Cl2N2O3/c1-6-23(25(31)28-13-16(2)3)29(14-19-8-9-20(26)12-22(19)27)24(30)15-32-21-10-7-17(4)18(5)11-21/h7-12,16,23H,6,13-15H2,1-5H3,(H,28,31)/t23-/m0/s1. The number of hydrogen-bond donors (Lipinski definition) is 1. The lowest BCUT2D eigenvalue weighted by Crippen LogP contribution is -2.50. The molecule has 0 bridgehead atoms. The highest BCUT2D eigenvalue weighted by Crippen LogP contribution is 2.24. The van der Waals surface area contributed by atoms with Crippen LogP contribution < -0.4 is 10.1 Å². The summed E-state index contributed by atoms with van der Waals surface area (Å²) in [6, 6.07) is 10.2. The summed E-state index contributed by atoms with van der Waals surface area (Å²) in [5.41, 5.74) is 2.94. The molecule has 0 fully saturated rings. The number of carbonyl (C=O) groups is 2. The van der Waals surface area contributed by atoms with E-state index >= 15 is 0 Å². The highest BCUT2D eigenvalue weighted by Gasteiger charge is 2.29. The van der Waals surface area contributed by atoms with Gasteiger partial charge < -0.3 is 15.0 Å². The van der Waals surface area contributed by atoms with Gasteiger partial charge in [-0.2, -0.15) is 0 Å². The molecule has 0 aliphatic carbocycles. The summed E-state index contributed by atoms with van der Waals surface area (Å²) in [7, 11) is 0. The van der Waals surface area contributed by atoms with E-state index in [0.29, 0.717) is 40.2 Å². The second kappa shape index (κ2) is 12.1. The van der Waals surface area contributed by atoms with E-state index < -0.39 is 6.04 Å². The molecule has 2 rings (SSSR count). The van der Waals surface area contributed by atoms with Gasteiger partial charge in [-0.1, -0.05) is 56.1 Å². The molecule has 0 unspecified atom stereocenters. The molecule has 0 aliphatic rings. The minimum Gasteiger partial charge on any atom is -0.484 e. The lowest BCUT2D eigenvalue weighted by Gasteiger charge is -2.31. The Labute approximate surface area is 201 Å². The lowest BCUT2D eigenvalue weighted by molar-refractivity contribution is -0.143. The monoisotopic (exact) mass is 478 g/mol. The number of rotatable bonds is 10. The summed E-state index contributed by atoms with van der Waals surface area (Å²) in [6.07, 6.45) is 0.463. The van der Waals surface area contributed by atoms with Gasteiger partial charge >= 0.3 is 0 Å². The van der Waals surface area contributed by atoms with Gasteiger partial charge in [0, 0.05) is 23.1 Å². The summed E-state index contributed by atoms with van der Waals surface area (Å²) in [5.74, 6) is 0.439. The second-order valence-corrected chi connectivity index (χ2v) is 9.20. The lowest BCUT2D eigenvalue weighted by atomic mass is 10.1. The molecule has 32 heavy (non-hydrogen) atoms. The third kappa shape index (κ3) is 7.42. The van der Waals surface area contributed by atoms with Crippen molar-refractivity contribution in [2.24, 2.45) is 5.92 Å². The van der Waals surface area contributed by atoms with E-state index in [0.717, 1.165) is 11.1 Å². The van der Waals surface area contributed by atoms with Crippen molar-refractivity contribution in [1.29, 1.82) is 0 Å². The van der Waals surface area contributed by atoms with Crippen LogP contribution in [-0.2, 0) is 16.1 Å². The third-order valence-corrected chi connectivity index (χ3v) is 5.85. The zero-order chi connectivity index (χ0) is 23.8. The minimum atomic E-state index is -0.642. The number of ether oxygens (including phenoxy) is 1. The molecule has 0 heterocycles. The minimum absolute atomic E-state index is 0.179. The van der Waals surface area contributed by atoms with Crippen LogP contribution in [-0.4, -0.2) is 35.9 Å². The van der Waals surface area contributed by atoms with E-state index in [2.05, 4.69) is 5.32 Å². The highest BCUT2D eigenvalue weighted by atomic mass is 35.5. The number of hydrogen-bond acceptors (Lipinski definition) is 3. The number of nitrogens with zero attached hydrogens (tertiary/aromatic N) is 1. The Morgan fingerprint density at radius 1 is 1.06 bits per heavy atom. The van der Waals surface area contributed by atoms with Gasteiger partial charge in [-0.25, -0.2) is 0 Å². The Hall–Kier alpha value is -2.24. The maximum absolute atomic E-state index is 13.2. The number of nitrogens with one attached hydrogen (secondary N) is 1. The molecule has 174 valence electrons. The van der Waals surface area contributed by atoms with Gasteiger partial charge in [0.2, 0.25) is 5.91 Å². The van der Waals surface area contributed by atoms with Crippen LogP contribution in [0.15, 0.2) is 36.4 Å². The number of benzene rings is 2. The Kier molecular flexibility index (Phi) is 9.85. The number of carbonyl (C=O) groups excluding carboxylic acids is 2. The molecule has 0 radical (unpaired) electrons. The van der Waals surface area contributed by atoms with E-state index in [1.54, 1.807) is 18.2 Å². The molecular formula is C25H32Cl2N2O3. The average Bonchev–Trinajstić information content (AvgIpc) is 2.74. The molecule has 7 heteroatoms. The molecule has 0 aliphatic heterocycles. The summed E-state index contributed by atoms with van der Waals surface area (Å²) >= 11 is 12.4. The van der Waals surface area contributed by atoms with Crippen LogP contribution in [0.25, 0.3) is 0 Å². The summed E-state index contributed by atoms with van der Waals surface area (Å²) in [5, 5.41) is 3.90. The molecule has 0 aromatic heterocycles. The molecule has 0 saturated heterocycles. The van der Waals surface area contributed by atoms with E-state index in [9.17, 15) is 9.59 Å². The third-order valence-electron chi connectivity index (χ3n) is 5.27. The van der Waals surface area contributed by atoms with Crippen molar-refractivity contribution in [3.63, 3.8) is 0 Å². The van der Waals surface area contributed by atoms with E-state index in [1.165, 1.54) is 4.90 Å². The van der Waals surface area contributed by atoms with Crippen molar-refractivity contribution >= 4 is 35.0 Å². The summed E-state index contributed by atoms with van der Waals surface area (Å²) in [6.45, 7) is 10.5. The Morgan fingerprint density at radius 2 is 1.78 bits per heavy atom. The first-order valence-corrected chi connectivity index (χ1v) is 11.6. The Morgan fingerprint density at radius 3 is 2.38 bits per heavy atom. The van der Waals surface area contributed by atoms with Crippen LogP contribution in [0.1, 0.15) is 43.9 Å². The molecule has 1 N–H and O–H groups in total. The molecule has 1 atom stereocenters. The number of amides is 2. The average molecular weight is 479 g/mol. The van der Waals surface area contributed by atoms with Crippen LogP contribution in [0, 0.1) is 19.8 Å². The Bertz CT molecular complexity index is 947. The SMILES string of the molecule is CC[C@@H](C(=O)NCC(C)C)N(Cc1ccc(Cl)cc1Cl)C(=O)COc1ccc(C)c(C)c1. The van der Waals surface area contributed by atoms with Crippen molar-refractivity contribution in [3.8, 4) is 5.75 Å². The van der Waals surface area contributed by atoms with Gasteiger partial charge in [-0.3, -0.25) is 9.59 Å². The van der Waals surface area contributed by atoms with Crippen molar-refractivity contribution in [3.05, 3.63) is 63.1 Å². The quantitative estimate of drug-likeness (QED) is 0.485. The zero-order valence-corrected chi connectivity index (χ0v) is 20.9. The molecule has 2 amide bonds.